The summed E-state index contributed by atoms with van der Waals surface area (Å²) in [6.45, 7) is 4.71. The summed E-state index contributed by atoms with van der Waals surface area (Å²) in [4.78, 5) is 0. The molecule has 5 heteroatoms. The molecule has 0 aromatic heterocycles. The topological polar surface area (TPSA) is 29.5 Å². The summed E-state index contributed by atoms with van der Waals surface area (Å²) in [5.41, 5.74) is -2.30. The minimum absolute atomic E-state index is 0.0557. The largest absolute Gasteiger partial charge is 0.496 e. The molecule has 2 atom stereocenters. The van der Waals surface area contributed by atoms with Crippen molar-refractivity contribution < 1.29 is 23.0 Å². The van der Waals surface area contributed by atoms with Crippen LogP contribution in [0, 0.1) is 0 Å². The third kappa shape index (κ3) is 3.03. The Hall–Kier alpha value is -1.23. The zero-order valence-corrected chi connectivity index (χ0v) is 11.5. The molecule has 0 saturated carbocycles. The molecule has 0 saturated heterocycles. The number of halogens is 3. The van der Waals surface area contributed by atoms with Crippen molar-refractivity contribution in [2.24, 2.45) is 0 Å². The van der Waals surface area contributed by atoms with Crippen LogP contribution in [-0.4, -0.2) is 18.4 Å². The van der Waals surface area contributed by atoms with Gasteiger partial charge in [0.2, 0.25) is 0 Å². The lowest BCUT2D eigenvalue weighted by molar-refractivity contribution is -0.259. The number of alkyl halides is 3. The van der Waals surface area contributed by atoms with Gasteiger partial charge >= 0.3 is 6.18 Å². The molecular weight excluding hydrogens is 257 g/mol. The smallest absolute Gasteiger partial charge is 0.421 e. The van der Waals surface area contributed by atoms with E-state index in [4.69, 9.17) is 4.74 Å². The van der Waals surface area contributed by atoms with E-state index in [2.05, 4.69) is 0 Å². The summed E-state index contributed by atoms with van der Waals surface area (Å²) in [6.07, 6.45) is -3.88. The quantitative estimate of drug-likeness (QED) is 0.901. The first kappa shape index (κ1) is 15.8. The van der Waals surface area contributed by atoms with E-state index in [1.807, 2.05) is 13.8 Å². The first-order valence-corrected chi connectivity index (χ1v) is 6.12. The predicted molar refractivity (Wildman–Crippen MR) is 67.3 cm³/mol. The van der Waals surface area contributed by atoms with Crippen LogP contribution < -0.4 is 4.74 Å². The molecule has 1 N–H and O–H groups in total. The maximum absolute atomic E-state index is 12.9. The molecule has 2 unspecified atom stereocenters. The van der Waals surface area contributed by atoms with Gasteiger partial charge in [-0.05, 0) is 30.9 Å². The van der Waals surface area contributed by atoms with Crippen molar-refractivity contribution in [1.29, 1.82) is 0 Å². The normalized spacial score (nSPS) is 16.8. The molecule has 19 heavy (non-hydrogen) atoms. The molecule has 1 aromatic carbocycles. The van der Waals surface area contributed by atoms with Crippen LogP contribution in [0.3, 0.4) is 0 Å². The van der Waals surface area contributed by atoms with E-state index in [-0.39, 0.29) is 17.2 Å². The van der Waals surface area contributed by atoms with Gasteiger partial charge < -0.3 is 9.84 Å². The average Bonchev–Trinajstić information content (AvgIpc) is 2.35. The lowest BCUT2D eigenvalue weighted by atomic mass is 9.90. The van der Waals surface area contributed by atoms with Crippen molar-refractivity contribution in [2.45, 2.75) is 44.9 Å². The Morgan fingerprint density at radius 2 is 1.89 bits per heavy atom. The maximum Gasteiger partial charge on any atom is 0.421 e. The van der Waals surface area contributed by atoms with Gasteiger partial charge in [-0.25, -0.2) is 0 Å². The summed E-state index contributed by atoms with van der Waals surface area (Å²) in [5.74, 6) is 0.277. The number of methoxy groups -OCH3 is 1. The van der Waals surface area contributed by atoms with E-state index in [1.165, 1.54) is 13.2 Å². The van der Waals surface area contributed by atoms with Gasteiger partial charge in [-0.3, -0.25) is 0 Å². The molecule has 0 aliphatic heterocycles. The predicted octanol–water partition coefficient (Wildman–Crippen LogP) is 3.98. The fourth-order valence-corrected chi connectivity index (χ4v) is 1.80. The van der Waals surface area contributed by atoms with E-state index < -0.39 is 11.8 Å². The molecule has 0 spiro atoms. The third-order valence-electron chi connectivity index (χ3n) is 3.48. The highest BCUT2D eigenvalue weighted by Gasteiger charge is 2.52. The Balaban J connectivity index is 3.31. The van der Waals surface area contributed by atoms with Gasteiger partial charge in [0.25, 0.3) is 0 Å². The van der Waals surface area contributed by atoms with Crippen molar-refractivity contribution in [3.05, 3.63) is 29.3 Å². The Labute approximate surface area is 111 Å². The van der Waals surface area contributed by atoms with Gasteiger partial charge in [-0.2, -0.15) is 13.2 Å². The minimum atomic E-state index is -4.75. The maximum atomic E-state index is 12.9. The van der Waals surface area contributed by atoms with E-state index in [0.717, 1.165) is 18.9 Å². The van der Waals surface area contributed by atoms with E-state index >= 15 is 0 Å². The van der Waals surface area contributed by atoms with Crippen LogP contribution in [0.4, 0.5) is 13.2 Å². The average molecular weight is 276 g/mol. The van der Waals surface area contributed by atoms with Crippen LogP contribution >= 0.6 is 0 Å². The van der Waals surface area contributed by atoms with Crippen molar-refractivity contribution in [3.63, 3.8) is 0 Å². The zero-order chi connectivity index (χ0) is 14.8. The molecule has 1 aromatic rings. The number of aliphatic hydroxyl groups is 1. The van der Waals surface area contributed by atoms with E-state index in [1.54, 1.807) is 12.1 Å². The van der Waals surface area contributed by atoms with Gasteiger partial charge in [0.05, 0.1) is 7.11 Å². The van der Waals surface area contributed by atoms with Crippen LogP contribution in [0.5, 0.6) is 5.75 Å². The Kier molecular flexibility index (Phi) is 4.50. The molecule has 1 rings (SSSR count). The molecular formula is C14H19F3O2. The number of hydrogen-bond donors (Lipinski definition) is 1. The van der Waals surface area contributed by atoms with Crippen molar-refractivity contribution in [2.75, 3.05) is 7.11 Å². The van der Waals surface area contributed by atoms with Crippen LogP contribution in [-0.2, 0) is 5.60 Å². The van der Waals surface area contributed by atoms with Crippen LogP contribution in [0.1, 0.15) is 44.2 Å². The first-order chi connectivity index (χ1) is 8.65. The van der Waals surface area contributed by atoms with Gasteiger partial charge in [0.1, 0.15) is 5.75 Å². The fraction of sp³-hybridized carbons (Fsp3) is 0.571. The number of rotatable bonds is 4. The Morgan fingerprint density at radius 3 is 2.32 bits per heavy atom. The van der Waals surface area contributed by atoms with Gasteiger partial charge in [-0.1, -0.05) is 26.0 Å². The number of benzene rings is 1. The lowest BCUT2D eigenvalue weighted by Gasteiger charge is -2.28. The molecule has 0 fully saturated rings. The molecule has 0 heterocycles. The summed E-state index contributed by atoms with van der Waals surface area (Å²) >= 11 is 0. The second-order valence-corrected chi connectivity index (χ2v) is 4.84. The standard InChI is InChI=1S/C14H19F3O2/c1-5-9(2)10-6-7-11(12(8-10)19-4)13(3,18)14(15,16)17/h6-9,18H,5H2,1-4H3. The Morgan fingerprint density at radius 1 is 1.32 bits per heavy atom. The monoisotopic (exact) mass is 276 g/mol. The summed E-state index contributed by atoms with van der Waals surface area (Å²) < 4.78 is 43.6. The SMILES string of the molecule is CCC(C)c1ccc(C(C)(O)C(F)(F)F)c(OC)c1. The molecule has 0 amide bonds. The third-order valence-corrected chi connectivity index (χ3v) is 3.48. The fourth-order valence-electron chi connectivity index (χ4n) is 1.80. The number of hydrogen-bond acceptors (Lipinski definition) is 2. The van der Waals surface area contributed by atoms with Crippen LogP contribution in [0.25, 0.3) is 0 Å². The van der Waals surface area contributed by atoms with Crippen LogP contribution in [0.2, 0.25) is 0 Å². The molecule has 0 radical (unpaired) electrons. The van der Waals surface area contributed by atoms with Crippen molar-refractivity contribution in [1.82, 2.24) is 0 Å². The van der Waals surface area contributed by atoms with E-state index in [9.17, 15) is 18.3 Å². The molecule has 2 nitrogen and oxygen atoms in total. The molecule has 0 aliphatic carbocycles. The summed E-state index contributed by atoms with van der Waals surface area (Å²) in [6, 6.07) is 4.45. The molecule has 0 bridgehead atoms. The summed E-state index contributed by atoms with van der Waals surface area (Å²) in [5, 5.41) is 9.72. The second-order valence-electron chi connectivity index (χ2n) is 4.84. The highest BCUT2D eigenvalue weighted by molar-refractivity contribution is 5.42. The van der Waals surface area contributed by atoms with E-state index in [0.29, 0.717) is 0 Å². The van der Waals surface area contributed by atoms with Gasteiger partial charge in [-0.15, -0.1) is 0 Å². The Bertz CT molecular complexity index is 439. The van der Waals surface area contributed by atoms with Crippen molar-refractivity contribution in [3.8, 4) is 5.75 Å². The van der Waals surface area contributed by atoms with Crippen LogP contribution in [0.15, 0.2) is 18.2 Å². The minimum Gasteiger partial charge on any atom is -0.496 e. The van der Waals surface area contributed by atoms with Gasteiger partial charge in [0, 0.05) is 5.56 Å². The number of ether oxygens (including phenoxy) is 1. The van der Waals surface area contributed by atoms with Crippen molar-refractivity contribution >= 4 is 0 Å². The molecule has 108 valence electrons. The lowest BCUT2D eigenvalue weighted by Crippen LogP contribution is -2.39. The first-order valence-electron chi connectivity index (χ1n) is 6.12. The highest BCUT2D eigenvalue weighted by Crippen LogP contribution is 2.43. The summed E-state index contributed by atoms with van der Waals surface area (Å²) in [7, 11) is 1.30. The van der Waals surface area contributed by atoms with Gasteiger partial charge in [0.15, 0.2) is 5.60 Å². The highest BCUT2D eigenvalue weighted by atomic mass is 19.4. The molecule has 0 aliphatic rings. The zero-order valence-electron chi connectivity index (χ0n) is 11.5. The second kappa shape index (κ2) is 5.41.